The topological polar surface area (TPSA) is 67.8 Å². The summed E-state index contributed by atoms with van der Waals surface area (Å²) in [5.41, 5.74) is 4.38. The lowest BCUT2D eigenvalue weighted by Crippen LogP contribution is -2.12. The maximum Gasteiger partial charge on any atom is 0.126 e. The molecule has 26 heavy (non-hydrogen) atoms. The highest BCUT2D eigenvalue weighted by Crippen LogP contribution is 2.33. The fourth-order valence-electron chi connectivity index (χ4n) is 3.12. The van der Waals surface area contributed by atoms with Gasteiger partial charge in [-0.25, -0.2) is 4.98 Å². The van der Waals surface area contributed by atoms with E-state index in [0.29, 0.717) is 0 Å². The van der Waals surface area contributed by atoms with Crippen LogP contribution < -0.4 is 10.1 Å². The van der Waals surface area contributed by atoms with Crippen LogP contribution in [0.2, 0.25) is 0 Å². The van der Waals surface area contributed by atoms with Crippen LogP contribution >= 0.6 is 0 Å². The molecule has 2 N–H and O–H groups in total. The molecule has 1 unspecified atom stereocenters. The van der Waals surface area contributed by atoms with Crippen LogP contribution in [0.5, 0.6) is 5.75 Å². The lowest BCUT2D eigenvalue weighted by atomic mass is 10.0. The first-order valence-electron chi connectivity index (χ1n) is 8.47. The molecule has 0 aliphatic rings. The van der Waals surface area contributed by atoms with E-state index in [-0.39, 0.29) is 6.04 Å². The maximum absolute atomic E-state index is 5.40. The molecule has 0 spiro atoms. The lowest BCUT2D eigenvalue weighted by molar-refractivity contribution is 0.415. The fourth-order valence-corrected chi connectivity index (χ4v) is 3.12. The smallest absolute Gasteiger partial charge is 0.126 e. The number of aromatic amines is 1. The highest BCUT2D eigenvalue weighted by atomic mass is 16.5. The summed E-state index contributed by atoms with van der Waals surface area (Å²) in [4.78, 5) is 7.85. The molecule has 0 aliphatic carbocycles. The highest BCUT2D eigenvalue weighted by Gasteiger charge is 2.20. The summed E-state index contributed by atoms with van der Waals surface area (Å²) >= 11 is 0. The predicted molar refractivity (Wildman–Crippen MR) is 102 cm³/mol. The first-order chi connectivity index (χ1) is 12.6. The number of pyridine rings is 1. The van der Waals surface area contributed by atoms with E-state index in [0.717, 1.165) is 39.2 Å². The summed E-state index contributed by atoms with van der Waals surface area (Å²) in [5.74, 6) is 1.65. The molecule has 1 aromatic carbocycles. The van der Waals surface area contributed by atoms with E-state index >= 15 is 0 Å². The van der Waals surface area contributed by atoms with Crippen LogP contribution in [0.25, 0.3) is 10.9 Å². The van der Waals surface area contributed by atoms with Crippen LogP contribution in [0, 0.1) is 6.92 Å². The van der Waals surface area contributed by atoms with Gasteiger partial charge in [-0.3, -0.25) is 4.68 Å². The van der Waals surface area contributed by atoms with E-state index < -0.39 is 0 Å². The summed E-state index contributed by atoms with van der Waals surface area (Å²) in [7, 11) is 3.60. The van der Waals surface area contributed by atoms with Crippen molar-refractivity contribution in [3.8, 4) is 5.75 Å². The number of nitrogens with zero attached hydrogens (tertiary/aromatic N) is 3. The standard InChI is InChI=1S/C20H21N5O/c1-13-4-7-19(22-9-13)24-20(14-10-23-25(2)12-14)17-11-21-18-6-5-15(26-3)8-16(17)18/h4-12,20-21H,1-3H3,(H,22,24). The number of hydrogen-bond donors (Lipinski definition) is 2. The van der Waals surface area contributed by atoms with E-state index in [4.69, 9.17) is 4.74 Å². The van der Waals surface area contributed by atoms with Crippen LogP contribution in [0.15, 0.2) is 55.1 Å². The predicted octanol–water partition coefficient (Wildman–Crippen LogP) is 3.81. The Morgan fingerprint density at radius 3 is 2.77 bits per heavy atom. The second kappa shape index (κ2) is 6.55. The fraction of sp³-hybridized carbons (Fsp3) is 0.200. The summed E-state index contributed by atoms with van der Waals surface area (Å²) < 4.78 is 7.21. The van der Waals surface area contributed by atoms with Gasteiger partial charge in [-0.15, -0.1) is 0 Å². The molecule has 0 saturated heterocycles. The van der Waals surface area contributed by atoms with E-state index in [9.17, 15) is 0 Å². The molecule has 4 rings (SSSR count). The molecule has 4 aromatic rings. The van der Waals surface area contributed by atoms with Crippen molar-refractivity contribution in [2.45, 2.75) is 13.0 Å². The molecule has 0 radical (unpaired) electrons. The van der Waals surface area contributed by atoms with Crippen molar-refractivity contribution in [2.75, 3.05) is 12.4 Å². The van der Waals surface area contributed by atoms with Gasteiger partial charge in [0.05, 0.1) is 19.3 Å². The number of hydrogen-bond acceptors (Lipinski definition) is 4. The second-order valence-electron chi connectivity index (χ2n) is 6.40. The van der Waals surface area contributed by atoms with Gasteiger partial charge in [0.25, 0.3) is 0 Å². The van der Waals surface area contributed by atoms with Gasteiger partial charge in [-0.2, -0.15) is 5.10 Å². The van der Waals surface area contributed by atoms with Gasteiger partial charge in [0.15, 0.2) is 0 Å². The van der Waals surface area contributed by atoms with Crippen LogP contribution in [0.4, 0.5) is 5.82 Å². The van der Waals surface area contributed by atoms with Gasteiger partial charge in [-0.05, 0) is 36.8 Å². The summed E-state index contributed by atoms with van der Waals surface area (Å²) in [5, 5.41) is 8.99. The van der Waals surface area contributed by atoms with Crippen molar-refractivity contribution in [1.29, 1.82) is 0 Å². The Morgan fingerprint density at radius 2 is 2.08 bits per heavy atom. The third kappa shape index (κ3) is 3.01. The number of fused-ring (bicyclic) bond motifs is 1. The maximum atomic E-state index is 5.40. The van der Waals surface area contributed by atoms with Crippen molar-refractivity contribution in [2.24, 2.45) is 7.05 Å². The highest BCUT2D eigenvalue weighted by molar-refractivity contribution is 5.86. The quantitative estimate of drug-likeness (QED) is 0.576. The zero-order valence-electron chi connectivity index (χ0n) is 15.0. The lowest BCUT2D eigenvalue weighted by Gasteiger charge is -2.18. The molecule has 0 amide bonds. The zero-order chi connectivity index (χ0) is 18.1. The molecule has 6 heteroatoms. The largest absolute Gasteiger partial charge is 0.497 e. The zero-order valence-corrected chi connectivity index (χ0v) is 15.0. The Bertz CT molecular complexity index is 1030. The molecule has 6 nitrogen and oxygen atoms in total. The Kier molecular flexibility index (Phi) is 4.08. The van der Waals surface area contributed by atoms with E-state index in [1.54, 1.807) is 7.11 Å². The first-order valence-corrected chi connectivity index (χ1v) is 8.47. The third-order valence-electron chi connectivity index (χ3n) is 4.49. The first kappa shape index (κ1) is 16.2. The van der Waals surface area contributed by atoms with Crippen LogP contribution in [-0.4, -0.2) is 26.9 Å². The summed E-state index contributed by atoms with van der Waals surface area (Å²) in [6.45, 7) is 2.03. The van der Waals surface area contributed by atoms with Crippen LogP contribution in [-0.2, 0) is 7.05 Å². The van der Waals surface area contributed by atoms with Crippen LogP contribution in [0.1, 0.15) is 22.7 Å². The van der Waals surface area contributed by atoms with Gasteiger partial charge in [-0.1, -0.05) is 6.07 Å². The van der Waals surface area contributed by atoms with Gasteiger partial charge >= 0.3 is 0 Å². The normalized spacial score (nSPS) is 12.3. The molecule has 1 atom stereocenters. The monoisotopic (exact) mass is 347 g/mol. The van der Waals surface area contributed by atoms with Crippen molar-refractivity contribution in [3.63, 3.8) is 0 Å². The minimum atomic E-state index is -0.0836. The Balaban J connectivity index is 1.81. The minimum Gasteiger partial charge on any atom is -0.497 e. The number of H-pyrrole nitrogens is 1. The summed E-state index contributed by atoms with van der Waals surface area (Å²) in [6.07, 6.45) is 7.79. The van der Waals surface area contributed by atoms with Gasteiger partial charge in [0.1, 0.15) is 11.6 Å². The average Bonchev–Trinajstić information content (AvgIpc) is 3.27. The molecule has 132 valence electrons. The molecular weight excluding hydrogens is 326 g/mol. The Hall–Kier alpha value is -3.28. The Morgan fingerprint density at radius 1 is 1.19 bits per heavy atom. The third-order valence-corrected chi connectivity index (χ3v) is 4.49. The number of aromatic nitrogens is 4. The van der Waals surface area contributed by atoms with Crippen molar-refractivity contribution >= 4 is 16.7 Å². The molecule has 0 fully saturated rings. The number of nitrogens with one attached hydrogen (secondary N) is 2. The second-order valence-corrected chi connectivity index (χ2v) is 6.40. The number of rotatable bonds is 5. The van der Waals surface area contributed by atoms with Gasteiger partial charge in [0, 0.05) is 47.7 Å². The Labute approximate surface area is 151 Å². The number of benzene rings is 1. The molecular formula is C20H21N5O. The van der Waals surface area contributed by atoms with E-state index in [2.05, 4.69) is 26.4 Å². The number of anilines is 1. The molecule has 0 aliphatic heterocycles. The number of methoxy groups -OCH3 is 1. The van der Waals surface area contributed by atoms with Crippen molar-refractivity contribution in [1.82, 2.24) is 19.7 Å². The number of ether oxygens (including phenoxy) is 1. The minimum absolute atomic E-state index is 0.0836. The van der Waals surface area contributed by atoms with Crippen molar-refractivity contribution in [3.05, 3.63) is 71.8 Å². The van der Waals surface area contributed by atoms with E-state index in [1.165, 1.54) is 0 Å². The molecule has 0 bridgehead atoms. The molecule has 0 saturated carbocycles. The number of aryl methyl sites for hydroxylation is 2. The van der Waals surface area contributed by atoms with Gasteiger partial charge in [0.2, 0.25) is 0 Å². The van der Waals surface area contributed by atoms with Crippen molar-refractivity contribution < 1.29 is 4.74 Å². The average molecular weight is 347 g/mol. The molecule has 3 heterocycles. The summed E-state index contributed by atoms with van der Waals surface area (Å²) in [6, 6.07) is 10.00. The van der Waals surface area contributed by atoms with E-state index in [1.807, 2.05) is 67.7 Å². The SMILES string of the molecule is COc1ccc2[nH]cc(C(Nc3ccc(C)cn3)c3cnn(C)c3)c2c1. The van der Waals surface area contributed by atoms with Crippen LogP contribution in [0.3, 0.4) is 0 Å². The molecule has 3 aromatic heterocycles. The van der Waals surface area contributed by atoms with Gasteiger partial charge < -0.3 is 15.0 Å².